The van der Waals surface area contributed by atoms with E-state index in [0.717, 1.165) is 26.1 Å². The fraction of sp³-hybridized carbons (Fsp3) is 0.375. The summed E-state index contributed by atoms with van der Waals surface area (Å²) in [7, 11) is 1.53. The number of carbonyl (C=O) groups is 2. The van der Waals surface area contributed by atoms with Gasteiger partial charge in [-0.15, -0.1) is 0 Å². The van der Waals surface area contributed by atoms with E-state index >= 15 is 0 Å². The van der Waals surface area contributed by atoms with E-state index < -0.39 is 5.92 Å². The molecule has 1 atom stereocenters. The standard InChI is InChI=1S/C24H29N3O3/c1-4-26(5-2)16-10-15-25-17-20-18-11-6-7-12-19(18)23(28)27(24(20)29)21-13-8-9-14-22(21)30-3/h6-9,11-14,17,20H,4-5,10,15-16H2,1-3H3/p+1. The van der Waals surface area contributed by atoms with Crippen LogP contribution in [0.1, 0.15) is 42.1 Å². The Balaban J connectivity index is 1.87. The summed E-state index contributed by atoms with van der Waals surface area (Å²) in [5.74, 6) is -0.753. The zero-order chi connectivity index (χ0) is 21.5. The van der Waals surface area contributed by atoms with Gasteiger partial charge in [-0.1, -0.05) is 30.3 Å². The molecule has 0 spiro atoms. The maximum absolute atomic E-state index is 13.4. The van der Waals surface area contributed by atoms with E-state index in [1.165, 1.54) is 16.9 Å². The normalized spacial score (nSPS) is 16.4. The predicted octanol–water partition coefficient (Wildman–Crippen LogP) is 2.35. The van der Waals surface area contributed by atoms with Crippen LogP contribution < -0.4 is 14.5 Å². The number of benzene rings is 2. The van der Waals surface area contributed by atoms with Crippen LogP contribution in [0.25, 0.3) is 0 Å². The van der Waals surface area contributed by atoms with Gasteiger partial charge in [-0.05, 0) is 37.6 Å². The number of para-hydroxylation sites is 2. The molecule has 6 heteroatoms. The largest absolute Gasteiger partial charge is 0.495 e. The zero-order valence-corrected chi connectivity index (χ0v) is 17.9. The molecule has 30 heavy (non-hydrogen) atoms. The Morgan fingerprint density at radius 3 is 2.50 bits per heavy atom. The molecule has 2 amide bonds. The third kappa shape index (κ3) is 4.44. The number of amides is 2. The number of hydrogen-bond acceptors (Lipinski definition) is 4. The van der Waals surface area contributed by atoms with Crippen LogP contribution in [0.3, 0.4) is 0 Å². The SMILES string of the molecule is CC[NH+](CC)CCCN=CC1C(=O)N(c2ccccc2OC)C(=O)c2ccccc21. The van der Waals surface area contributed by atoms with E-state index in [0.29, 0.717) is 29.1 Å². The Morgan fingerprint density at radius 2 is 1.77 bits per heavy atom. The molecule has 158 valence electrons. The number of rotatable bonds is 9. The molecule has 3 rings (SSSR count). The van der Waals surface area contributed by atoms with Gasteiger partial charge in [-0.25, -0.2) is 4.90 Å². The van der Waals surface area contributed by atoms with Gasteiger partial charge in [0.25, 0.3) is 5.91 Å². The van der Waals surface area contributed by atoms with Crippen molar-refractivity contribution in [3.8, 4) is 5.75 Å². The number of ether oxygens (including phenoxy) is 1. The third-order valence-electron chi connectivity index (χ3n) is 5.61. The highest BCUT2D eigenvalue weighted by molar-refractivity contribution is 6.29. The maximum atomic E-state index is 13.4. The van der Waals surface area contributed by atoms with Crippen LogP contribution in [0.5, 0.6) is 5.75 Å². The molecular formula is C24H30N3O3+. The lowest BCUT2D eigenvalue weighted by Gasteiger charge is -2.31. The molecule has 0 fully saturated rings. The number of nitrogens with one attached hydrogen (secondary N) is 1. The van der Waals surface area contributed by atoms with Gasteiger partial charge in [0.1, 0.15) is 5.75 Å². The fourth-order valence-electron chi connectivity index (χ4n) is 3.85. The lowest BCUT2D eigenvalue weighted by molar-refractivity contribution is -0.896. The summed E-state index contributed by atoms with van der Waals surface area (Å²) < 4.78 is 5.39. The number of aliphatic imine (C=N–C) groups is 1. The Labute approximate surface area is 178 Å². The minimum absolute atomic E-state index is 0.304. The van der Waals surface area contributed by atoms with E-state index in [4.69, 9.17) is 4.74 Å². The van der Waals surface area contributed by atoms with Crippen molar-refractivity contribution in [1.82, 2.24) is 0 Å². The first-order chi connectivity index (χ1) is 14.6. The Morgan fingerprint density at radius 1 is 1.07 bits per heavy atom. The van der Waals surface area contributed by atoms with Crippen LogP contribution in [0, 0.1) is 0 Å². The van der Waals surface area contributed by atoms with Crippen LogP contribution in [-0.4, -0.2) is 51.3 Å². The summed E-state index contributed by atoms with van der Waals surface area (Å²) in [4.78, 5) is 33.9. The quantitative estimate of drug-likeness (QED) is 0.394. The molecule has 1 N–H and O–H groups in total. The number of fused-ring (bicyclic) bond motifs is 1. The number of anilines is 1. The highest BCUT2D eigenvalue weighted by Crippen LogP contribution is 2.36. The van der Waals surface area contributed by atoms with Crippen molar-refractivity contribution in [2.75, 3.05) is 38.2 Å². The van der Waals surface area contributed by atoms with Gasteiger partial charge in [-0.2, -0.15) is 0 Å². The molecule has 1 unspecified atom stereocenters. The molecule has 2 aromatic rings. The van der Waals surface area contributed by atoms with Gasteiger partial charge in [0.05, 0.1) is 38.3 Å². The summed E-state index contributed by atoms with van der Waals surface area (Å²) in [5, 5.41) is 0. The molecule has 0 bridgehead atoms. The highest BCUT2D eigenvalue weighted by Gasteiger charge is 2.39. The van der Waals surface area contributed by atoms with Gasteiger partial charge in [0.15, 0.2) is 0 Å². The highest BCUT2D eigenvalue weighted by atomic mass is 16.5. The number of methoxy groups -OCH3 is 1. The average Bonchev–Trinajstić information content (AvgIpc) is 2.78. The average molecular weight is 409 g/mol. The van der Waals surface area contributed by atoms with Crippen LogP contribution in [0.15, 0.2) is 53.5 Å². The minimum Gasteiger partial charge on any atom is -0.495 e. The van der Waals surface area contributed by atoms with Gasteiger partial charge >= 0.3 is 0 Å². The molecular weight excluding hydrogens is 378 g/mol. The number of quaternary nitrogens is 1. The molecule has 1 aliphatic heterocycles. The van der Waals surface area contributed by atoms with Crippen molar-refractivity contribution >= 4 is 23.7 Å². The number of carbonyl (C=O) groups excluding carboxylic acids is 2. The molecule has 0 saturated carbocycles. The number of hydrogen-bond donors (Lipinski definition) is 1. The van der Waals surface area contributed by atoms with E-state index in [2.05, 4.69) is 18.8 Å². The van der Waals surface area contributed by atoms with Crippen LogP contribution >= 0.6 is 0 Å². The molecule has 2 aromatic carbocycles. The second kappa shape index (κ2) is 10.2. The molecule has 1 heterocycles. The smallest absolute Gasteiger partial charge is 0.265 e. The number of nitrogens with zero attached hydrogens (tertiary/aromatic N) is 2. The molecule has 0 aliphatic carbocycles. The van der Waals surface area contributed by atoms with Gasteiger partial charge in [0, 0.05) is 24.7 Å². The van der Waals surface area contributed by atoms with Crippen molar-refractivity contribution in [3.05, 3.63) is 59.7 Å². The summed E-state index contributed by atoms with van der Waals surface area (Å²) in [6.45, 7) is 8.30. The van der Waals surface area contributed by atoms with Gasteiger partial charge in [-0.3, -0.25) is 14.6 Å². The minimum atomic E-state index is -0.593. The summed E-state index contributed by atoms with van der Waals surface area (Å²) in [5.41, 5.74) is 1.68. The fourth-order valence-corrected chi connectivity index (χ4v) is 3.85. The Bertz CT molecular complexity index is 921. The second-order valence-corrected chi connectivity index (χ2v) is 7.33. The summed E-state index contributed by atoms with van der Waals surface area (Å²) in [6.07, 6.45) is 2.67. The van der Waals surface area contributed by atoms with Crippen LogP contribution in [0.4, 0.5) is 5.69 Å². The molecule has 0 radical (unpaired) electrons. The second-order valence-electron chi connectivity index (χ2n) is 7.33. The van der Waals surface area contributed by atoms with Crippen molar-refractivity contribution in [2.45, 2.75) is 26.2 Å². The first kappa shape index (κ1) is 21.7. The van der Waals surface area contributed by atoms with E-state index in [9.17, 15) is 9.59 Å². The lowest BCUT2D eigenvalue weighted by Crippen LogP contribution is -3.11. The lowest BCUT2D eigenvalue weighted by atomic mass is 9.89. The van der Waals surface area contributed by atoms with E-state index in [1.54, 1.807) is 30.5 Å². The van der Waals surface area contributed by atoms with Crippen LogP contribution in [-0.2, 0) is 4.79 Å². The molecule has 0 aromatic heterocycles. The summed E-state index contributed by atoms with van der Waals surface area (Å²) >= 11 is 0. The van der Waals surface area contributed by atoms with E-state index in [-0.39, 0.29) is 11.8 Å². The first-order valence-corrected chi connectivity index (χ1v) is 10.6. The first-order valence-electron chi connectivity index (χ1n) is 10.6. The van der Waals surface area contributed by atoms with Crippen LogP contribution in [0.2, 0.25) is 0 Å². The zero-order valence-electron chi connectivity index (χ0n) is 17.9. The maximum Gasteiger partial charge on any atom is 0.265 e. The third-order valence-corrected chi connectivity index (χ3v) is 5.61. The van der Waals surface area contributed by atoms with Gasteiger partial charge in [0.2, 0.25) is 5.91 Å². The predicted molar refractivity (Wildman–Crippen MR) is 119 cm³/mol. The van der Waals surface area contributed by atoms with Crippen molar-refractivity contribution in [2.24, 2.45) is 4.99 Å². The molecule has 6 nitrogen and oxygen atoms in total. The van der Waals surface area contributed by atoms with Crippen molar-refractivity contribution < 1.29 is 19.2 Å². The Kier molecular flexibility index (Phi) is 7.36. The Hall–Kier alpha value is -2.99. The number of imide groups is 1. The van der Waals surface area contributed by atoms with E-state index in [1.807, 2.05) is 24.3 Å². The molecule has 1 aliphatic rings. The van der Waals surface area contributed by atoms with Crippen molar-refractivity contribution in [1.29, 1.82) is 0 Å². The topological polar surface area (TPSA) is 63.4 Å². The monoisotopic (exact) mass is 408 g/mol. The van der Waals surface area contributed by atoms with Crippen molar-refractivity contribution in [3.63, 3.8) is 0 Å². The molecule has 0 saturated heterocycles. The van der Waals surface area contributed by atoms with Gasteiger partial charge < -0.3 is 9.64 Å². The summed E-state index contributed by atoms with van der Waals surface area (Å²) in [6, 6.07) is 14.3.